The summed E-state index contributed by atoms with van der Waals surface area (Å²) >= 11 is 0. The molecule has 5 heteroatoms. The molecular weight excluding hydrogens is 261 g/mol. The van der Waals surface area contributed by atoms with Crippen LogP contribution in [0.2, 0.25) is 0 Å². The van der Waals surface area contributed by atoms with Crippen molar-refractivity contribution in [2.24, 2.45) is 5.73 Å². The van der Waals surface area contributed by atoms with E-state index in [4.69, 9.17) is 15.2 Å². The van der Waals surface area contributed by atoms with Gasteiger partial charge in [0.25, 0.3) is 0 Å². The van der Waals surface area contributed by atoms with Gasteiger partial charge in [-0.05, 0) is 62.1 Å². The topological polar surface area (TPSA) is 61.6 Å². The molecule has 0 saturated carbocycles. The van der Waals surface area contributed by atoms with Gasteiger partial charge in [0.05, 0.1) is 0 Å². The summed E-state index contributed by atoms with van der Waals surface area (Å²) in [7, 11) is 0. The number of fused-ring (bicyclic) bond motifs is 1. The summed E-state index contributed by atoms with van der Waals surface area (Å²) in [6, 6.07) is 5.84. The van der Waals surface area contributed by atoms with Crippen molar-refractivity contribution < 1.29 is 14.3 Å². The van der Waals surface area contributed by atoms with Gasteiger partial charge in [-0.25, -0.2) is 0 Å². The Morgan fingerprint density at radius 3 is 2.24 bits per heavy atom. The van der Waals surface area contributed by atoms with E-state index in [-0.39, 0.29) is 31.6 Å². The first-order valence-electron chi connectivity index (χ1n) is 6.47. The van der Waals surface area contributed by atoms with E-state index in [9.17, 15) is 4.79 Å². The molecule has 21 heavy (non-hydrogen) atoms. The van der Waals surface area contributed by atoms with E-state index in [0.29, 0.717) is 5.57 Å². The summed E-state index contributed by atoms with van der Waals surface area (Å²) in [6.07, 6.45) is 0. The van der Waals surface area contributed by atoms with Crippen molar-refractivity contribution in [3.8, 4) is 11.5 Å². The van der Waals surface area contributed by atoms with Crippen LogP contribution >= 0.6 is 0 Å². The zero-order chi connectivity index (χ0) is 14.9. The van der Waals surface area contributed by atoms with Crippen LogP contribution in [0.1, 0.15) is 33.3 Å². The number of benzene rings is 1. The molecule has 0 unspecified atom stereocenters. The molecule has 0 radical (unpaired) electrons. The first-order valence-corrected chi connectivity index (χ1v) is 6.47. The Balaban J connectivity index is 0.00000220. The predicted octanol–water partition coefficient (Wildman–Crippen LogP) is 2.38. The molecule has 0 bridgehead atoms. The van der Waals surface area contributed by atoms with E-state index in [1.54, 1.807) is 6.92 Å². The van der Waals surface area contributed by atoms with Crippen LogP contribution in [0.5, 0.6) is 11.5 Å². The Morgan fingerprint density at radius 1 is 1.00 bits per heavy atom. The fourth-order valence-corrected chi connectivity index (χ4v) is 2.09. The van der Waals surface area contributed by atoms with Gasteiger partial charge in [0.1, 0.15) is 0 Å². The Bertz CT molecular complexity index is 632. The Labute approximate surface area is 137 Å². The van der Waals surface area contributed by atoms with Crippen LogP contribution in [0, 0.1) is 0 Å². The number of primary amides is 1. The van der Waals surface area contributed by atoms with Crippen LogP contribution in [0.3, 0.4) is 0 Å². The molecule has 0 aliphatic carbocycles. The minimum atomic E-state index is -0.389. The SMILES string of the molecule is CC(C(N)=O)=C(C)C(C)=C(C)c1ccc2c(c1)OCO2.[LiH]. The molecule has 1 aromatic carbocycles. The van der Waals surface area contributed by atoms with Crippen molar-refractivity contribution in [2.75, 3.05) is 6.79 Å². The Kier molecular flexibility index (Phi) is 5.71. The van der Waals surface area contributed by atoms with Crippen molar-refractivity contribution in [1.29, 1.82) is 0 Å². The monoisotopic (exact) mass is 281 g/mol. The first kappa shape index (κ1) is 17.4. The van der Waals surface area contributed by atoms with Crippen molar-refractivity contribution in [3.63, 3.8) is 0 Å². The zero-order valence-electron chi connectivity index (χ0n) is 12.2. The normalized spacial score (nSPS) is 14.9. The molecule has 1 aliphatic rings. The van der Waals surface area contributed by atoms with Crippen LogP contribution in [0.25, 0.3) is 5.57 Å². The first-order chi connectivity index (χ1) is 9.41. The van der Waals surface area contributed by atoms with Gasteiger partial charge >= 0.3 is 18.9 Å². The van der Waals surface area contributed by atoms with E-state index in [1.165, 1.54) is 0 Å². The number of ether oxygens (including phenoxy) is 2. The molecule has 108 valence electrons. The van der Waals surface area contributed by atoms with E-state index >= 15 is 0 Å². The van der Waals surface area contributed by atoms with Gasteiger partial charge < -0.3 is 15.2 Å². The van der Waals surface area contributed by atoms with Crippen molar-refractivity contribution in [1.82, 2.24) is 0 Å². The number of hydrogen-bond donors (Lipinski definition) is 1. The van der Waals surface area contributed by atoms with Gasteiger partial charge in [0.2, 0.25) is 12.7 Å². The fraction of sp³-hybridized carbons (Fsp3) is 0.312. The molecule has 0 spiro atoms. The van der Waals surface area contributed by atoms with E-state index < -0.39 is 0 Å². The average Bonchev–Trinajstić information content (AvgIpc) is 2.91. The molecule has 1 aromatic rings. The van der Waals surface area contributed by atoms with Gasteiger partial charge in [-0.15, -0.1) is 0 Å². The second-order valence-electron chi connectivity index (χ2n) is 4.93. The quantitative estimate of drug-likeness (QED) is 0.525. The Hall–Kier alpha value is -1.63. The predicted molar refractivity (Wildman–Crippen MR) is 85.6 cm³/mol. The van der Waals surface area contributed by atoms with Crippen molar-refractivity contribution >= 4 is 30.3 Å². The third kappa shape index (κ3) is 3.52. The molecule has 0 saturated heterocycles. The molecular formula is C16H20LiNO3. The molecule has 0 fully saturated rings. The van der Waals surface area contributed by atoms with Crippen LogP contribution in [0.15, 0.2) is 34.9 Å². The summed E-state index contributed by atoms with van der Waals surface area (Å²) in [5.41, 5.74) is 10.00. The van der Waals surface area contributed by atoms with Crippen molar-refractivity contribution in [3.05, 3.63) is 40.5 Å². The summed E-state index contributed by atoms with van der Waals surface area (Å²) in [6.45, 7) is 7.92. The van der Waals surface area contributed by atoms with Crippen molar-refractivity contribution in [2.45, 2.75) is 27.7 Å². The van der Waals surface area contributed by atoms with E-state index in [2.05, 4.69) is 0 Å². The van der Waals surface area contributed by atoms with Gasteiger partial charge in [-0.1, -0.05) is 6.07 Å². The number of allylic oxidation sites excluding steroid dienone is 3. The third-order valence-electron chi connectivity index (χ3n) is 3.86. The number of carbonyl (C=O) groups excluding carboxylic acids is 1. The maximum absolute atomic E-state index is 11.3. The molecule has 1 amide bonds. The maximum atomic E-state index is 11.3. The fourth-order valence-electron chi connectivity index (χ4n) is 2.09. The molecule has 4 nitrogen and oxygen atoms in total. The second-order valence-corrected chi connectivity index (χ2v) is 4.93. The third-order valence-corrected chi connectivity index (χ3v) is 3.86. The molecule has 2 N–H and O–H groups in total. The minimum absolute atomic E-state index is 0. The number of carbonyl (C=O) groups is 1. The van der Waals surface area contributed by atoms with E-state index in [0.717, 1.165) is 33.8 Å². The number of rotatable bonds is 3. The zero-order valence-corrected chi connectivity index (χ0v) is 12.2. The summed E-state index contributed by atoms with van der Waals surface area (Å²) in [4.78, 5) is 11.3. The number of nitrogens with two attached hydrogens (primary N) is 1. The standard InChI is InChI=1S/C16H19NO3.Li.H/c1-9(10(2)12(4)16(17)18)11(3)13-5-6-14-15(7-13)20-8-19-14;;/h5-7H,8H2,1-4H3,(H2,17,18);;. The number of amides is 1. The van der Waals surface area contributed by atoms with Crippen LogP contribution < -0.4 is 15.2 Å². The van der Waals surface area contributed by atoms with Crippen LogP contribution in [0.4, 0.5) is 0 Å². The van der Waals surface area contributed by atoms with E-state index in [1.807, 2.05) is 39.0 Å². The molecule has 0 atom stereocenters. The Morgan fingerprint density at radius 2 is 1.62 bits per heavy atom. The molecule has 1 heterocycles. The van der Waals surface area contributed by atoms with Gasteiger partial charge in [0.15, 0.2) is 11.5 Å². The summed E-state index contributed by atoms with van der Waals surface area (Å²) in [5, 5.41) is 0. The molecule has 1 aliphatic heterocycles. The number of hydrogen-bond acceptors (Lipinski definition) is 3. The second kappa shape index (κ2) is 6.88. The van der Waals surface area contributed by atoms with Gasteiger partial charge in [-0.2, -0.15) is 0 Å². The molecule has 0 aromatic heterocycles. The molecule has 2 rings (SSSR count). The van der Waals surface area contributed by atoms with Gasteiger partial charge in [-0.3, -0.25) is 4.79 Å². The summed E-state index contributed by atoms with van der Waals surface area (Å²) in [5.74, 6) is 1.13. The van der Waals surface area contributed by atoms with Crippen LogP contribution in [-0.4, -0.2) is 31.6 Å². The summed E-state index contributed by atoms with van der Waals surface area (Å²) < 4.78 is 10.7. The van der Waals surface area contributed by atoms with Crippen LogP contribution in [-0.2, 0) is 4.79 Å². The van der Waals surface area contributed by atoms with Gasteiger partial charge in [0, 0.05) is 5.57 Å². The average molecular weight is 281 g/mol.